The third kappa shape index (κ3) is 11.1. The van der Waals surface area contributed by atoms with Crippen LogP contribution in [0.3, 0.4) is 0 Å². The lowest BCUT2D eigenvalue weighted by atomic mass is 10.0. The van der Waals surface area contributed by atoms with Gasteiger partial charge in [0, 0.05) is 0 Å². The van der Waals surface area contributed by atoms with Gasteiger partial charge in [-0.2, -0.15) is 0 Å². The Labute approximate surface area is 148 Å². The van der Waals surface area contributed by atoms with Crippen molar-refractivity contribution >= 4 is 23.7 Å². The lowest BCUT2D eigenvalue weighted by Crippen LogP contribution is -2.47. The van der Waals surface area contributed by atoms with Crippen LogP contribution in [0.25, 0.3) is 0 Å². The van der Waals surface area contributed by atoms with E-state index in [-0.39, 0.29) is 37.4 Å². The second-order valence-corrected chi connectivity index (χ2v) is 6.66. The summed E-state index contributed by atoms with van der Waals surface area (Å²) in [7, 11) is 0. The van der Waals surface area contributed by atoms with Crippen LogP contribution in [0.4, 0.5) is 0 Å². The third-order valence-electron chi connectivity index (χ3n) is 3.09. The molecule has 0 aliphatic heterocycles. The molecular weight excluding hydrogens is 328 g/mol. The SMILES string of the molecule is CC(C)C[C](NC(=O)CNC(=O)CNC(=O)[C@@H](N)CC(C)C)C(=O)O. The van der Waals surface area contributed by atoms with Crippen LogP contribution in [-0.4, -0.2) is 47.9 Å². The van der Waals surface area contributed by atoms with Gasteiger partial charge in [0.1, 0.15) is 0 Å². The van der Waals surface area contributed by atoms with Crippen molar-refractivity contribution in [1.29, 1.82) is 0 Å². The van der Waals surface area contributed by atoms with Crippen molar-refractivity contribution in [2.24, 2.45) is 17.6 Å². The van der Waals surface area contributed by atoms with E-state index in [1.165, 1.54) is 0 Å². The largest absolute Gasteiger partial charge is 0.479 e. The molecule has 6 N–H and O–H groups in total. The van der Waals surface area contributed by atoms with Gasteiger partial charge in [-0.25, -0.2) is 4.79 Å². The lowest BCUT2D eigenvalue weighted by molar-refractivity contribution is -0.137. The summed E-state index contributed by atoms with van der Waals surface area (Å²) in [6, 6.07) is -0.818. The fourth-order valence-electron chi connectivity index (χ4n) is 1.97. The first-order valence-electron chi connectivity index (χ1n) is 8.21. The highest BCUT2D eigenvalue weighted by Gasteiger charge is 2.22. The summed E-state index contributed by atoms with van der Waals surface area (Å²) in [6.07, 6.45) is 0.707. The Morgan fingerprint density at radius 1 is 0.920 bits per heavy atom. The van der Waals surface area contributed by atoms with E-state index >= 15 is 0 Å². The number of carbonyl (C=O) groups is 4. The molecule has 1 atom stereocenters. The molecular formula is C16H29N4O5. The maximum absolute atomic E-state index is 11.7. The smallest absolute Gasteiger partial charge is 0.332 e. The fourth-order valence-corrected chi connectivity index (χ4v) is 1.97. The summed E-state index contributed by atoms with van der Waals surface area (Å²) in [4.78, 5) is 46.0. The highest BCUT2D eigenvalue weighted by Crippen LogP contribution is 2.10. The van der Waals surface area contributed by atoms with Gasteiger partial charge in [0.15, 0.2) is 6.04 Å². The van der Waals surface area contributed by atoms with E-state index in [0.29, 0.717) is 6.42 Å². The molecule has 0 unspecified atom stereocenters. The van der Waals surface area contributed by atoms with Crippen LogP contribution in [0.5, 0.6) is 0 Å². The Morgan fingerprint density at radius 3 is 1.96 bits per heavy atom. The molecule has 1 radical (unpaired) electrons. The zero-order valence-electron chi connectivity index (χ0n) is 15.2. The second kappa shape index (κ2) is 11.4. The zero-order valence-corrected chi connectivity index (χ0v) is 15.2. The molecule has 0 aliphatic rings. The normalized spacial score (nSPS) is 12.2. The summed E-state index contributed by atoms with van der Waals surface area (Å²) < 4.78 is 0. The Hall–Kier alpha value is -2.16. The summed E-state index contributed by atoms with van der Waals surface area (Å²) >= 11 is 0. The number of amides is 3. The van der Waals surface area contributed by atoms with E-state index in [0.717, 1.165) is 0 Å². The second-order valence-electron chi connectivity index (χ2n) is 6.66. The van der Waals surface area contributed by atoms with Crippen LogP contribution in [0.1, 0.15) is 40.5 Å². The monoisotopic (exact) mass is 357 g/mol. The van der Waals surface area contributed by atoms with E-state index < -0.39 is 29.7 Å². The van der Waals surface area contributed by atoms with Crippen LogP contribution in [-0.2, 0) is 19.2 Å². The molecule has 25 heavy (non-hydrogen) atoms. The third-order valence-corrected chi connectivity index (χ3v) is 3.09. The van der Waals surface area contributed by atoms with Crippen LogP contribution in [0, 0.1) is 17.9 Å². The van der Waals surface area contributed by atoms with E-state index in [1.807, 2.05) is 27.7 Å². The molecule has 0 aromatic carbocycles. The average Bonchev–Trinajstić information content (AvgIpc) is 2.48. The molecule has 9 heteroatoms. The summed E-state index contributed by atoms with van der Waals surface area (Å²) in [5.74, 6) is -2.54. The van der Waals surface area contributed by atoms with Gasteiger partial charge >= 0.3 is 5.97 Å². The van der Waals surface area contributed by atoms with Gasteiger partial charge in [-0.3, -0.25) is 14.4 Å². The number of nitrogens with two attached hydrogens (primary N) is 1. The Balaban J connectivity index is 4.17. The predicted octanol–water partition coefficient (Wildman–Crippen LogP) is -0.629. The molecule has 0 spiro atoms. The molecule has 9 nitrogen and oxygen atoms in total. The summed E-state index contributed by atoms with van der Waals surface area (Å²) in [6.45, 7) is 6.81. The number of carbonyl (C=O) groups excluding carboxylic acids is 3. The van der Waals surface area contributed by atoms with E-state index in [4.69, 9.17) is 10.8 Å². The van der Waals surface area contributed by atoms with E-state index in [2.05, 4.69) is 16.0 Å². The Kier molecular flexibility index (Phi) is 10.4. The van der Waals surface area contributed by atoms with E-state index in [9.17, 15) is 19.2 Å². The first-order chi connectivity index (χ1) is 11.5. The van der Waals surface area contributed by atoms with Crippen molar-refractivity contribution in [2.75, 3.05) is 13.1 Å². The van der Waals surface area contributed by atoms with Crippen molar-refractivity contribution in [2.45, 2.75) is 46.6 Å². The van der Waals surface area contributed by atoms with Crippen molar-refractivity contribution in [1.82, 2.24) is 16.0 Å². The predicted molar refractivity (Wildman–Crippen MR) is 91.9 cm³/mol. The molecule has 0 aromatic heterocycles. The molecule has 0 rings (SSSR count). The number of hydrogen-bond donors (Lipinski definition) is 5. The number of carboxylic acids is 1. The van der Waals surface area contributed by atoms with Gasteiger partial charge in [-0.15, -0.1) is 0 Å². The standard InChI is InChI=1S/C16H29N4O5/c1-9(2)5-11(17)15(23)19-7-13(21)18-8-14(22)20-12(16(24)25)6-10(3)4/h9-11H,5-8,17H2,1-4H3,(H,18,21)(H,19,23)(H,20,22)(H,24,25)/t11-/m0/s1. The van der Waals surface area contributed by atoms with Gasteiger partial charge in [0.25, 0.3) is 0 Å². The Morgan fingerprint density at radius 2 is 1.48 bits per heavy atom. The van der Waals surface area contributed by atoms with Crippen LogP contribution >= 0.6 is 0 Å². The lowest BCUT2D eigenvalue weighted by Gasteiger charge is -2.16. The Bertz CT molecular complexity index is 479. The van der Waals surface area contributed by atoms with Crippen molar-refractivity contribution < 1.29 is 24.3 Å². The molecule has 0 saturated carbocycles. The minimum absolute atomic E-state index is 0.0613. The van der Waals surface area contributed by atoms with Crippen molar-refractivity contribution in [3.63, 3.8) is 0 Å². The number of nitrogens with one attached hydrogen (secondary N) is 3. The van der Waals surface area contributed by atoms with Crippen molar-refractivity contribution in [3.05, 3.63) is 6.04 Å². The number of hydrogen-bond acceptors (Lipinski definition) is 5. The molecule has 0 saturated heterocycles. The zero-order chi connectivity index (χ0) is 19.6. The number of rotatable bonds is 11. The minimum atomic E-state index is -1.21. The summed E-state index contributed by atoms with van der Waals surface area (Å²) in [5.41, 5.74) is 5.68. The van der Waals surface area contributed by atoms with Crippen LogP contribution in [0.2, 0.25) is 0 Å². The van der Waals surface area contributed by atoms with Gasteiger partial charge in [0.05, 0.1) is 19.1 Å². The van der Waals surface area contributed by atoms with Gasteiger partial charge in [0.2, 0.25) is 17.7 Å². The molecule has 0 bridgehead atoms. The van der Waals surface area contributed by atoms with Crippen LogP contribution < -0.4 is 21.7 Å². The van der Waals surface area contributed by atoms with Crippen LogP contribution in [0.15, 0.2) is 0 Å². The molecule has 3 amide bonds. The molecule has 0 fully saturated rings. The first kappa shape index (κ1) is 22.8. The molecule has 143 valence electrons. The van der Waals surface area contributed by atoms with Gasteiger partial charge in [-0.1, -0.05) is 27.7 Å². The topological polar surface area (TPSA) is 151 Å². The minimum Gasteiger partial charge on any atom is -0.479 e. The van der Waals surface area contributed by atoms with Crippen molar-refractivity contribution in [3.8, 4) is 0 Å². The fraction of sp³-hybridized carbons (Fsp3) is 0.688. The quantitative estimate of drug-likeness (QED) is 0.332. The number of carboxylic acid groups (broad SMARTS) is 1. The maximum Gasteiger partial charge on any atom is 0.332 e. The highest BCUT2D eigenvalue weighted by molar-refractivity contribution is 5.93. The number of aliphatic carboxylic acids is 1. The molecule has 0 heterocycles. The highest BCUT2D eigenvalue weighted by atomic mass is 16.4. The first-order valence-corrected chi connectivity index (χ1v) is 8.21. The van der Waals surface area contributed by atoms with E-state index in [1.54, 1.807) is 0 Å². The van der Waals surface area contributed by atoms with Gasteiger partial charge < -0.3 is 26.8 Å². The van der Waals surface area contributed by atoms with Gasteiger partial charge in [-0.05, 0) is 24.7 Å². The molecule has 0 aromatic rings. The summed E-state index contributed by atoms with van der Waals surface area (Å²) in [5, 5.41) is 16.0. The average molecular weight is 357 g/mol. The molecule has 0 aliphatic carbocycles. The maximum atomic E-state index is 11.7.